The van der Waals surface area contributed by atoms with E-state index in [-0.39, 0.29) is 0 Å². The van der Waals surface area contributed by atoms with Gasteiger partial charge in [-0.1, -0.05) is 27.7 Å². The molecule has 2 rings (SSSR count). The van der Waals surface area contributed by atoms with Crippen LogP contribution in [0.4, 0.5) is 0 Å². The van der Waals surface area contributed by atoms with Crippen LogP contribution in [0.15, 0.2) is 0 Å². The highest BCUT2D eigenvalue weighted by Gasteiger charge is 2.41. The minimum atomic E-state index is 0.306. The molecule has 1 atom stereocenters. The van der Waals surface area contributed by atoms with Gasteiger partial charge < -0.3 is 10.1 Å². The lowest BCUT2D eigenvalue weighted by molar-refractivity contribution is -0.0320. The van der Waals surface area contributed by atoms with Gasteiger partial charge in [-0.05, 0) is 43.4 Å². The lowest BCUT2D eigenvalue weighted by Crippen LogP contribution is -2.60. The predicted molar refractivity (Wildman–Crippen MR) is 72.2 cm³/mol. The van der Waals surface area contributed by atoms with Crippen molar-refractivity contribution in [2.45, 2.75) is 71.4 Å². The Bertz CT molecular complexity index is 248. The van der Waals surface area contributed by atoms with Crippen molar-refractivity contribution in [3.05, 3.63) is 0 Å². The van der Waals surface area contributed by atoms with Crippen LogP contribution in [0.2, 0.25) is 0 Å². The zero-order chi connectivity index (χ0) is 12.5. The summed E-state index contributed by atoms with van der Waals surface area (Å²) in [4.78, 5) is 0. The molecule has 0 aromatic carbocycles. The maximum absolute atomic E-state index is 5.82. The van der Waals surface area contributed by atoms with E-state index in [4.69, 9.17) is 4.74 Å². The minimum absolute atomic E-state index is 0.306. The molecule has 1 saturated heterocycles. The first-order valence-electron chi connectivity index (χ1n) is 7.31. The molecule has 2 nitrogen and oxygen atoms in total. The van der Waals surface area contributed by atoms with E-state index in [1.54, 1.807) is 0 Å². The number of ether oxygens (including phenoxy) is 1. The molecule has 0 aromatic heterocycles. The molecule has 1 heterocycles. The van der Waals surface area contributed by atoms with Crippen molar-refractivity contribution in [1.29, 1.82) is 0 Å². The van der Waals surface area contributed by atoms with Gasteiger partial charge in [-0.25, -0.2) is 0 Å². The molecule has 2 heteroatoms. The first kappa shape index (κ1) is 13.4. The van der Waals surface area contributed by atoms with Crippen LogP contribution < -0.4 is 5.32 Å². The molecule has 1 aliphatic heterocycles. The van der Waals surface area contributed by atoms with Gasteiger partial charge in [-0.2, -0.15) is 0 Å². The molecule has 1 unspecified atom stereocenters. The van der Waals surface area contributed by atoms with Gasteiger partial charge in [0.15, 0.2) is 0 Å². The van der Waals surface area contributed by atoms with Crippen LogP contribution in [0.5, 0.6) is 0 Å². The summed E-state index contributed by atoms with van der Waals surface area (Å²) in [5.41, 5.74) is 0.780. The number of rotatable bonds is 1. The normalized spacial score (nSPS) is 39.5. The van der Waals surface area contributed by atoms with Gasteiger partial charge in [0.25, 0.3) is 0 Å². The number of nitrogens with one attached hydrogen (secondary N) is 1. The summed E-state index contributed by atoms with van der Waals surface area (Å²) < 4.78 is 5.82. The average molecular weight is 239 g/mol. The third kappa shape index (κ3) is 3.03. The Morgan fingerprint density at radius 1 is 1.24 bits per heavy atom. The molecular weight excluding hydrogens is 210 g/mol. The molecule has 1 spiro atoms. The topological polar surface area (TPSA) is 21.3 Å². The van der Waals surface area contributed by atoms with Gasteiger partial charge in [-0.3, -0.25) is 0 Å². The smallest absolute Gasteiger partial charge is 0.0649 e. The number of hydrogen-bond donors (Lipinski definition) is 1. The molecule has 17 heavy (non-hydrogen) atoms. The van der Waals surface area contributed by atoms with Gasteiger partial charge >= 0.3 is 0 Å². The molecule has 1 N–H and O–H groups in total. The number of morpholine rings is 1. The fourth-order valence-corrected chi connectivity index (χ4v) is 3.46. The Balaban J connectivity index is 1.93. The Morgan fingerprint density at radius 2 is 1.88 bits per heavy atom. The second kappa shape index (κ2) is 4.89. The first-order valence-corrected chi connectivity index (χ1v) is 7.31. The highest BCUT2D eigenvalue weighted by molar-refractivity contribution is 4.98. The predicted octanol–water partition coefficient (Wildman–Crippen LogP) is 3.36. The summed E-state index contributed by atoms with van der Waals surface area (Å²) in [7, 11) is 0. The van der Waals surface area contributed by atoms with Crippen molar-refractivity contribution in [3.63, 3.8) is 0 Å². The van der Waals surface area contributed by atoms with Crippen LogP contribution >= 0.6 is 0 Å². The zero-order valence-electron chi connectivity index (χ0n) is 12.0. The van der Waals surface area contributed by atoms with Crippen LogP contribution in [-0.4, -0.2) is 24.8 Å². The second-order valence-corrected chi connectivity index (χ2v) is 7.19. The second-order valence-electron chi connectivity index (χ2n) is 7.19. The third-order valence-corrected chi connectivity index (χ3v) is 4.87. The SMILES string of the molecule is CCC1COCC2(CCC(C(C)(C)C)CC2)N1. The maximum Gasteiger partial charge on any atom is 0.0649 e. The molecule has 1 saturated carbocycles. The quantitative estimate of drug-likeness (QED) is 0.757. The highest BCUT2D eigenvalue weighted by atomic mass is 16.5. The van der Waals surface area contributed by atoms with E-state index in [0.717, 1.165) is 19.1 Å². The standard InChI is InChI=1S/C15H29NO/c1-5-13-10-17-11-15(16-13)8-6-12(7-9-15)14(2,3)4/h12-13,16H,5-11H2,1-4H3. The van der Waals surface area contributed by atoms with Crippen molar-refractivity contribution < 1.29 is 4.74 Å². The van der Waals surface area contributed by atoms with Crippen LogP contribution in [0, 0.1) is 11.3 Å². The Morgan fingerprint density at radius 3 is 2.41 bits per heavy atom. The molecule has 1 aliphatic carbocycles. The monoisotopic (exact) mass is 239 g/mol. The van der Waals surface area contributed by atoms with Crippen LogP contribution in [0.3, 0.4) is 0 Å². The maximum atomic E-state index is 5.82. The lowest BCUT2D eigenvalue weighted by atomic mass is 9.67. The van der Waals surface area contributed by atoms with Crippen molar-refractivity contribution in [1.82, 2.24) is 5.32 Å². The van der Waals surface area contributed by atoms with Crippen molar-refractivity contribution in [2.24, 2.45) is 11.3 Å². The van der Waals surface area contributed by atoms with Crippen molar-refractivity contribution in [2.75, 3.05) is 13.2 Å². The fourth-order valence-electron chi connectivity index (χ4n) is 3.46. The Hall–Kier alpha value is -0.0800. The molecular formula is C15H29NO. The largest absolute Gasteiger partial charge is 0.378 e. The summed E-state index contributed by atoms with van der Waals surface area (Å²) in [5, 5.41) is 3.87. The summed E-state index contributed by atoms with van der Waals surface area (Å²) in [5.74, 6) is 0.886. The Kier molecular flexibility index (Phi) is 3.84. The number of hydrogen-bond acceptors (Lipinski definition) is 2. The van der Waals surface area contributed by atoms with E-state index in [1.165, 1.54) is 32.1 Å². The third-order valence-electron chi connectivity index (χ3n) is 4.87. The molecule has 0 bridgehead atoms. The van der Waals surface area contributed by atoms with Crippen molar-refractivity contribution in [3.8, 4) is 0 Å². The average Bonchev–Trinajstić information content (AvgIpc) is 2.28. The molecule has 0 aromatic rings. The molecule has 2 aliphatic rings. The molecule has 0 radical (unpaired) electrons. The van der Waals surface area contributed by atoms with Gasteiger partial charge in [-0.15, -0.1) is 0 Å². The first-order chi connectivity index (χ1) is 7.95. The fraction of sp³-hybridized carbons (Fsp3) is 1.00. The molecule has 100 valence electrons. The molecule has 0 amide bonds. The van der Waals surface area contributed by atoms with E-state index >= 15 is 0 Å². The summed E-state index contributed by atoms with van der Waals surface area (Å²) in [6.45, 7) is 11.2. The van der Waals surface area contributed by atoms with Gasteiger partial charge in [0.05, 0.1) is 13.2 Å². The van der Waals surface area contributed by atoms with E-state index in [2.05, 4.69) is 33.0 Å². The van der Waals surface area contributed by atoms with E-state index < -0.39 is 0 Å². The summed E-state index contributed by atoms with van der Waals surface area (Å²) in [6, 6.07) is 0.579. The highest BCUT2D eigenvalue weighted by Crippen LogP contribution is 2.42. The van der Waals surface area contributed by atoms with Crippen molar-refractivity contribution >= 4 is 0 Å². The van der Waals surface area contributed by atoms with Crippen LogP contribution in [0.25, 0.3) is 0 Å². The minimum Gasteiger partial charge on any atom is -0.378 e. The lowest BCUT2D eigenvalue weighted by Gasteiger charge is -2.48. The molecule has 2 fully saturated rings. The van der Waals surface area contributed by atoms with Gasteiger partial charge in [0, 0.05) is 11.6 Å². The summed E-state index contributed by atoms with van der Waals surface area (Å²) in [6.07, 6.45) is 6.49. The van der Waals surface area contributed by atoms with Crippen LogP contribution in [-0.2, 0) is 4.74 Å². The van der Waals surface area contributed by atoms with E-state index in [9.17, 15) is 0 Å². The van der Waals surface area contributed by atoms with E-state index in [1.807, 2.05) is 0 Å². The van der Waals surface area contributed by atoms with E-state index in [0.29, 0.717) is 17.0 Å². The van der Waals surface area contributed by atoms with Gasteiger partial charge in [0.1, 0.15) is 0 Å². The Labute approximate surface area is 107 Å². The van der Waals surface area contributed by atoms with Gasteiger partial charge in [0.2, 0.25) is 0 Å². The van der Waals surface area contributed by atoms with Crippen LogP contribution in [0.1, 0.15) is 59.8 Å². The zero-order valence-corrected chi connectivity index (χ0v) is 12.0. The summed E-state index contributed by atoms with van der Waals surface area (Å²) >= 11 is 0.